The molecular weight excluding hydrogens is 369 g/mol. The lowest BCUT2D eigenvalue weighted by atomic mass is 10.1. The summed E-state index contributed by atoms with van der Waals surface area (Å²) in [6.07, 6.45) is 3.22. The van der Waals surface area contributed by atoms with Gasteiger partial charge in [-0.2, -0.15) is 0 Å². The lowest BCUT2D eigenvalue weighted by Crippen LogP contribution is -2.38. The minimum Gasteiger partial charge on any atom is -0.381 e. The second kappa shape index (κ2) is 13.9. The fraction of sp³-hybridized carbons (Fsp3) is 0.929. The Bertz CT molecular complexity index is 247. The van der Waals surface area contributed by atoms with Crippen LogP contribution in [-0.4, -0.2) is 52.0 Å². The van der Waals surface area contributed by atoms with Gasteiger partial charge in [0.1, 0.15) is 0 Å². The Labute approximate surface area is 140 Å². The molecule has 0 aromatic rings. The Morgan fingerprint density at radius 2 is 2.20 bits per heavy atom. The lowest BCUT2D eigenvalue weighted by molar-refractivity contribution is 0.0888. The monoisotopic (exact) mass is 399 g/mol. The highest BCUT2D eigenvalue weighted by Gasteiger charge is 2.15. The molecule has 0 radical (unpaired) electrons. The lowest BCUT2D eigenvalue weighted by Gasteiger charge is -2.12. The van der Waals surface area contributed by atoms with Gasteiger partial charge in [-0.25, -0.2) is 0 Å². The first-order chi connectivity index (χ1) is 9.36. The second-order valence-electron chi connectivity index (χ2n) is 4.85. The molecular formula is C14H30IN3O2. The molecule has 1 atom stereocenters. The van der Waals surface area contributed by atoms with Gasteiger partial charge in [-0.15, -0.1) is 24.0 Å². The summed E-state index contributed by atoms with van der Waals surface area (Å²) in [5.74, 6) is 1.52. The van der Waals surface area contributed by atoms with Crippen molar-refractivity contribution >= 4 is 29.9 Å². The summed E-state index contributed by atoms with van der Waals surface area (Å²) in [6, 6.07) is 0. The van der Waals surface area contributed by atoms with Crippen LogP contribution in [0.5, 0.6) is 0 Å². The maximum atomic E-state index is 5.66. The molecule has 0 spiro atoms. The Hall–Kier alpha value is -0.0800. The van der Waals surface area contributed by atoms with Crippen LogP contribution in [0.4, 0.5) is 0 Å². The molecule has 0 saturated carbocycles. The molecule has 6 heteroatoms. The van der Waals surface area contributed by atoms with Crippen molar-refractivity contribution in [3.63, 3.8) is 0 Å². The highest BCUT2D eigenvalue weighted by molar-refractivity contribution is 14.0. The zero-order valence-corrected chi connectivity index (χ0v) is 15.2. The number of hydrogen-bond donors (Lipinski definition) is 2. The third kappa shape index (κ3) is 9.77. The number of aliphatic imine (C=N–C) groups is 1. The molecule has 20 heavy (non-hydrogen) atoms. The molecule has 0 aromatic heterocycles. The van der Waals surface area contributed by atoms with E-state index in [-0.39, 0.29) is 24.0 Å². The molecule has 2 N–H and O–H groups in total. The van der Waals surface area contributed by atoms with E-state index in [1.54, 1.807) is 0 Å². The first-order valence-electron chi connectivity index (χ1n) is 7.54. The van der Waals surface area contributed by atoms with Gasteiger partial charge in [0, 0.05) is 38.8 Å². The first kappa shape index (κ1) is 19.9. The van der Waals surface area contributed by atoms with Gasteiger partial charge in [-0.05, 0) is 26.2 Å². The predicted octanol–water partition coefficient (Wildman–Crippen LogP) is 2.01. The third-order valence-corrected chi connectivity index (χ3v) is 2.97. The van der Waals surface area contributed by atoms with Gasteiger partial charge in [-0.1, -0.05) is 6.92 Å². The number of halogens is 1. The minimum absolute atomic E-state index is 0. The Morgan fingerprint density at radius 3 is 2.85 bits per heavy atom. The zero-order chi connectivity index (χ0) is 13.8. The number of hydrogen-bond acceptors (Lipinski definition) is 3. The molecule has 1 aliphatic heterocycles. The Kier molecular flexibility index (Phi) is 13.8. The van der Waals surface area contributed by atoms with Gasteiger partial charge in [0.15, 0.2) is 5.96 Å². The van der Waals surface area contributed by atoms with Crippen LogP contribution < -0.4 is 10.6 Å². The van der Waals surface area contributed by atoms with Crippen LogP contribution in [-0.2, 0) is 9.47 Å². The molecule has 1 rings (SSSR count). The van der Waals surface area contributed by atoms with Crippen molar-refractivity contribution in [2.24, 2.45) is 10.9 Å². The fourth-order valence-electron chi connectivity index (χ4n) is 1.91. The molecule has 1 fully saturated rings. The van der Waals surface area contributed by atoms with Crippen LogP contribution >= 0.6 is 24.0 Å². The zero-order valence-electron chi connectivity index (χ0n) is 12.8. The maximum Gasteiger partial charge on any atom is 0.191 e. The van der Waals surface area contributed by atoms with Gasteiger partial charge >= 0.3 is 0 Å². The molecule has 1 heterocycles. The third-order valence-electron chi connectivity index (χ3n) is 2.97. The highest BCUT2D eigenvalue weighted by atomic mass is 127. The van der Waals surface area contributed by atoms with Crippen molar-refractivity contribution in [3.8, 4) is 0 Å². The number of nitrogens with zero attached hydrogens (tertiary/aromatic N) is 1. The molecule has 5 nitrogen and oxygen atoms in total. The van der Waals surface area contributed by atoms with E-state index in [0.717, 1.165) is 71.3 Å². The molecule has 0 aliphatic carbocycles. The first-order valence-corrected chi connectivity index (χ1v) is 7.54. The average Bonchev–Trinajstić information content (AvgIpc) is 2.93. The quantitative estimate of drug-likeness (QED) is 0.270. The summed E-state index contributed by atoms with van der Waals surface area (Å²) >= 11 is 0. The van der Waals surface area contributed by atoms with E-state index in [0.29, 0.717) is 5.92 Å². The molecule has 0 bridgehead atoms. The largest absolute Gasteiger partial charge is 0.381 e. The highest BCUT2D eigenvalue weighted by Crippen LogP contribution is 2.12. The summed E-state index contributed by atoms with van der Waals surface area (Å²) in [7, 11) is 0. The summed E-state index contributed by atoms with van der Waals surface area (Å²) in [6.45, 7) is 10.3. The van der Waals surface area contributed by atoms with Crippen molar-refractivity contribution in [1.29, 1.82) is 0 Å². The van der Waals surface area contributed by atoms with E-state index in [1.165, 1.54) is 0 Å². The van der Waals surface area contributed by atoms with Crippen LogP contribution in [0.25, 0.3) is 0 Å². The van der Waals surface area contributed by atoms with Gasteiger partial charge in [0.05, 0.1) is 13.2 Å². The van der Waals surface area contributed by atoms with Crippen LogP contribution in [0.2, 0.25) is 0 Å². The van der Waals surface area contributed by atoms with E-state index >= 15 is 0 Å². The molecule has 1 unspecified atom stereocenters. The van der Waals surface area contributed by atoms with Crippen molar-refractivity contribution in [2.75, 3.05) is 46.1 Å². The van der Waals surface area contributed by atoms with E-state index in [2.05, 4.69) is 29.5 Å². The van der Waals surface area contributed by atoms with Crippen molar-refractivity contribution in [1.82, 2.24) is 10.6 Å². The summed E-state index contributed by atoms with van der Waals surface area (Å²) < 4.78 is 11.0. The number of ether oxygens (including phenoxy) is 2. The Morgan fingerprint density at radius 1 is 1.35 bits per heavy atom. The topological polar surface area (TPSA) is 54.9 Å². The predicted molar refractivity (Wildman–Crippen MR) is 94.0 cm³/mol. The van der Waals surface area contributed by atoms with Crippen molar-refractivity contribution in [3.05, 3.63) is 0 Å². The molecule has 1 saturated heterocycles. The second-order valence-corrected chi connectivity index (χ2v) is 4.85. The number of guanidine groups is 1. The molecule has 120 valence electrons. The normalized spacial score (nSPS) is 18.7. The van der Waals surface area contributed by atoms with Crippen molar-refractivity contribution in [2.45, 2.75) is 33.1 Å². The van der Waals surface area contributed by atoms with E-state index in [9.17, 15) is 0 Å². The summed E-state index contributed by atoms with van der Waals surface area (Å²) in [5.41, 5.74) is 0. The maximum absolute atomic E-state index is 5.66. The fourth-order valence-corrected chi connectivity index (χ4v) is 1.91. The molecule has 0 amide bonds. The average molecular weight is 399 g/mol. The van der Waals surface area contributed by atoms with Crippen LogP contribution in [0, 0.1) is 5.92 Å². The van der Waals surface area contributed by atoms with Gasteiger partial charge in [-0.3, -0.25) is 4.99 Å². The molecule has 1 aliphatic rings. The molecule has 0 aromatic carbocycles. The number of nitrogens with one attached hydrogen (secondary N) is 2. The van der Waals surface area contributed by atoms with E-state index in [1.807, 2.05) is 0 Å². The van der Waals surface area contributed by atoms with E-state index in [4.69, 9.17) is 9.47 Å². The van der Waals surface area contributed by atoms with Gasteiger partial charge < -0.3 is 20.1 Å². The van der Waals surface area contributed by atoms with Crippen LogP contribution in [0.15, 0.2) is 4.99 Å². The van der Waals surface area contributed by atoms with Gasteiger partial charge in [0.25, 0.3) is 0 Å². The summed E-state index contributed by atoms with van der Waals surface area (Å²) in [4.78, 5) is 4.45. The van der Waals surface area contributed by atoms with Crippen LogP contribution in [0.1, 0.15) is 33.1 Å². The summed E-state index contributed by atoms with van der Waals surface area (Å²) in [5, 5.41) is 6.55. The Balaban J connectivity index is 0.00000361. The van der Waals surface area contributed by atoms with E-state index < -0.39 is 0 Å². The smallest absolute Gasteiger partial charge is 0.191 e. The minimum atomic E-state index is 0. The van der Waals surface area contributed by atoms with Crippen LogP contribution in [0.3, 0.4) is 0 Å². The standard InChI is InChI=1S/C14H29N3O2.HI/c1-3-7-16-14(15-4-2)17-8-5-9-18-11-13-6-10-19-12-13;/h13H,3-12H2,1-2H3,(H2,15,16,17);1H. The SMILES string of the molecule is CCCN=C(NCC)NCCCOCC1CCOC1.I. The number of rotatable bonds is 9. The van der Waals surface area contributed by atoms with Gasteiger partial charge in [0.2, 0.25) is 0 Å². The van der Waals surface area contributed by atoms with Crippen molar-refractivity contribution < 1.29 is 9.47 Å².